The molecule has 0 radical (unpaired) electrons. The van der Waals surface area contributed by atoms with Crippen LogP contribution in [0.15, 0.2) is 30.4 Å². The summed E-state index contributed by atoms with van der Waals surface area (Å²) in [6.45, 7) is 6.36. The Kier molecular flexibility index (Phi) is 2.44. The van der Waals surface area contributed by atoms with E-state index in [1.165, 1.54) is 12.1 Å². The zero-order valence-electron chi connectivity index (χ0n) is 8.38. The van der Waals surface area contributed by atoms with Crippen LogP contribution in [0.5, 0.6) is 0 Å². The number of aromatic amines is 1. The first kappa shape index (κ1) is 10.1. The monoisotopic (exact) mass is 222 g/mol. The van der Waals surface area contributed by atoms with Crippen molar-refractivity contribution in [1.82, 2.24) is 9.55 Å². The number of halogens is 1. The van der Waals surface area contributed by atoms with E-state index in [0.29, 0.717) is 11.3 Å². The highest BCUT2D eigenvalue weighted by molar-refractivity contribution is 7.71. The van der Waals surface area contributed by atoms with E-state index in [2.05, 4.69) is 11.6 Å². The van der Waals surface area contributed by atoms with Crippen molar-refractivity contribution in [3.63, 3.8) is 0 Å². The number of hydrogen-bond acceptors (Lipinski definition) is 1. The van der Waals surface area contributed by atoms with Crippen LogP contribution in [-0.4, -0.2) is 9.55 Å². The van der Waals surface area contributed by atoms with Crippen LogP contribution in [0.25, 0.3) is 11.0 Å². The molecule has 0 spiro atoms. The largest absolute Gasteiger partial charge is 0.331 e. The molecule has 0 fully saturated rings. The maximum absolute atomic E-state index is 13.1. The lowest BCUT2D eigenvalue weighted by Crippen LogP contribution is -1.98. The van der Waals surface area contributed by atoms with Crippen LogP contribution >= 0.6 is 12.2 Å². The zero-order valence-corrected chi connectivity index (χ0v) is 9.20. The molecular weight excluding hydrogens is 211 g/mol. The Morgan fingerprint density at radius 2 is 2.33 bits per heavy atom. The van der Waals surface area contributed by atoms with E-state index in [0.717, 1.165) is 16.6 Å². The number of fused-ring (bicyclic) bond motifs is 1. The summed E-state index contributed by atoms with van der Waals surface area (Å²) in [5.74, 6) is -0.257. The average Bonchev–Trinajstić information content (AvgIpc) is 2.43. The Labute approximate surface area is 92.0 Å². The first-order valence-electron chi connectivity index (χ1n) is 4.60. The summed E-state index contributed by atoms with van der Waals surface area (Å²) >= 11 is 5.16. The first-order valence-corrected chi connectivity index (χ1v) is 5.01. The van der Waals surface area contributed by atoms with Gasteiger partial charge in [0, 0.05) is 6.54 Å². The number of nitrogens with zero attached hydrogens (tertiary/aromatic N) is 1. The van der Waals surface area contributed by atoms with Gasteiger partial charge in [0.15, 0.2) is 4.77 Å². The lowest BCUT2D eigenvalue weighted by atomic mass is 10.3. The number of imidazole rings is 1. The van der Waals surface area contributed by atoms with Gasteiger partial charge in [-0.3, -0.25) is 0 Å². The Morgan fingerprint density at radius 3 is 3.00 bits per heavy atom. The van der Waals surface area contributed by atoms with Crippen LogP contribution < -0.4 is 0 Å². The van der Waals surface area contributed by atoms with Gasteiger partial charge in [-0.1, -0.05) is 12.2 Å². The van der Waals surface area contributed by atoms with Crippen LogP contribution in [-0.2, 0) is 6.54 Å². The predicted octanol–water partition coefficient (Wildman–Crippen LogP) is 3.41. The molecule has 2 nitrogen and oxygen atoms in total. The number of allylic oxidation sites excluding steroid dienone is 1. The summed E-state index contributed by atoms with van der Waals surface area (Å²) in [7, 11) is 0. The summed E-state index contributed by atoms with van der Waals surface area (Å²) in [5.41, 5.74) is 2.61. The molecule has 0 unspecified atom stereocenters. The van der Waals surface area contributed by atoms with Gasteiger partial charge in [0.25, 0.3) is 0 Å². The van der Waals surface area contributed by atoms with Gasteiger partial charge < -0.3 is 9.55 Å². The number of hydrogen-bond donors (Lipinski definition) is 1. The van der Waals surface area contributed by atoms with Crippen LogP contribution in [0.2, 0.25) is 0 Å². The molecule has 0 atom stereocenters. The fourth-order valence-electron chi connectivity index (χ4n) is 1.55. The molecule has 0 aliphatic heterocycles. The second kappa shape index (κ2) is 3.62. The highest BCUT2D eigenvalue weighted by Gasteiger charge is 2.04. The molecule has 0 saturated carbocycles. The fourth-order valence-corrected chi connectivity index (χ4v) is 1.83. The van der Waals surface area contributed by atoms with Crippen molar-refractivity contribution in [3.05, 3.63) is 40.9 Å². The third-order valence-electron chi connectivity index (χ3n) is 2.17. The van der Waals surface area contributed by atoms with Crippen molar-refractivity contribution in [2.45, 2.75) is 13.5 Å². The Hall–Kier alpha value is -1.42. The zero-order chi connectivity index (χ0) is 11.0. The average molecular weight is 222 g/mol. The third-order valence-corrected chi connectivity index (χ3v) is 2.49. The maximum Gasteiger partial charge on any atom is 0.178 e. The summed E-state index contributed by atoms with van der Waals surface area (Å²) in [6.07, 6.45) is 0. The molecule has 1 aromatic carbocycles. The van der Waals surface area contributed by atoms with Crippen LogP contribution in [0.4, 0.5) is 4.39 Å². The molecule has 0 aliphatic carbocycles. The van der Waals surface area contributed by atoms with E-state index in [9.17, 15) is 4.39 Å². The quantitative estimate of drug-likeness (QED) is 0.610. The maximum atomic E-state index is 13.1. The number of H-pyrrole nitrogens is 1. The second-order valence-electron chi connectivity index (χ2n) is 3.63. The van der Waals surface area contributed by atoms with Gasteiger partial charge >= 0.3 is 0 Å². The lowest BCUT2D eigenvalue weighted by molar-refractivity contribution is 0.628. The molecule has 1 aromatic heterocycles. The van der Waals surface area contributed by atoms with Crippen LogP contribution in [0.3, 0.4) is 0 Å². The van der Waals surface area contributed by atoms with Crippen molar-refractivity contribution in [2.75, 3.05) is 0 Å². The number of benzene rings is 1. The Morgan fingerprint density at radius 1 is 1.60 bits per heavy atom. The Balaban J connectivity index is 2.70. The second-order valence-corrected chi connectivity index (χ2v) is 4.02. The predicted molar refractivity (Wildman–Crippen MR) is 61.9 cm³/mol. The fraction of sp³-hybridized carbons (Fsp3) is 0.182. The van der Waals surface area contributed by atoms with E-state index >= 15 is 0 Å². The molecule has 2 aromatic rings. The number of rotatable bonds is 2. The molecule has 0 bridgehead atoms. The standard InChI is InChI=1S/C11H11FN2S/c1-7(2)6-14-10-5-8(12)3-4-9(10)13-11(14)15/h3-5H,1,6H2,2H3,(H,13,15). The van der Waals surface area contributed by atoms with Gasteiger partial charge in [-0.25, -0.2) is 4.39 Å². The minimum absolute atomic E-state index is 0.257. The smallest absolute Gasteiger partial charge is 0.178 e. The summed E-state index contributed by atoms with van der Waals surface area (Å²) in [6, 6.07) is 4.58. The van der Waals surface area contributed by atoms with Crippen molar-refractivity contribution in [2.24, 2.45) is 0 Å². The van der Waals surface area contributed by atoms with Gasteiger partial charge in [-0.05, 0) is 37.3 Å². The first-order chi connectivity index (χ1) is 7.08. The molecule has 1 N–H and O–H groups in total. The molecule has 4 heteroatoms. The number of nitrogens with one attached hydrogen (secondary N) is 1. The molecular formula is C11H11FN2S. The molecule has 0 aliphatic rings. The van der Waals surface area contributed by atoms with Gasteiger partial charge in [0.2, 0.25) is 0 Å². The van der Waals surface area contributed by atoms with Gasteiger partial charge in [-0.15, -0.1) is 0 Å². The summed E-state index contributed by atoms with van der Waals surface area (Å²) < 4.78 is 15.5. The molecule has 78 valence electrons. The summed E-state index contributed by atoms with van der Waals surface area (Å²) in [4.78, 5) is 3.03. The minimum Gasteiger partial charge on any atom is -0.331 e. The molecule has 0 amide bonds. The molecule has 15 heavy (non-hydrogen) atoms. The van der Waals surface area contributed by atoms with E-state index in [1.807, 2.05) is 11.5 Å². The van der Waals surface area contributed by atoms with Crippen LogP contribution in [0.1, 0.15) is 6.92 Å². The van der Waals surface area contributed by atoms with E-state index in [4.69, 9.17) is 12.2 Å². The van der Waals surface area contributed by atoms with Crippen molar-refractivity contribution < 1.29 is 4.39 Å². The van der Waals surface area contributed by atoms with Gasteiger partial charge in [0.1, 0.15) is 5.82 Å². The van der Waals surface area contributed by atoms with Crippen molar-refractivity contribution >= 4 is 23.3 Å². The van der Waals surface area contributed by atoms with E-state index < -0.39 is 0 Å². The third kappa shape index (κ3) is 1.85. The highest BCUT2D eigenvalue weighted by atomic mass is 32.1. The SMILES string of the molecule is C=C(C)Cn1c(=S)[nH]c2ccc(F)cc21. The lowest BCUT2D eigenvalue weighted by Gasteiger charge is -2.03. The Bertz CT molecular complexity index is 580. The molecule has 2 rings (SSSR count). The van der Waals surface area contributed by atoms with Gasteiger partial charge in [-0.2, -0.15) is 0 Å². The molecule has 1 heterocycles. The normalized spacial score (nSPS) is 10.8. The van der Waals surface area contributed by atoms with Gasteiger partial charge in [0.05, 0.1) is 11.0 Å². The van der Waals surface area contributed by atoms with Crippen molar-refractivity contribution in [1.29, 1.82) is 0 Å². The van der Waals surface area contributed by atoms with E-state index in [1.54, 1.807) is 6.07 Å². The summed E-state index contributed by atoms with van der Waals surface area (Å²) in [5, 5.41) is 0. The van der Waals surface area contributed by atoms with Crippen LogP contribution in [0, 0.1) is 10.6 Å². The number of aromatic nitrogens is 2. The highest BCUT2D eigenvalue weighted by Crippen LogP contribution is 2.16. The minimum atomic E-state index is -0.257. The molecule has 0 saturated heterocycles. The van der Waals surface area contributed by atoms with Crippen molar-refractivity contribution in [3.8, 4) is 0 Å². The topological polar surface area (TPSA) is 20.7 Å². The van der Waals surface area contributed by atoms with E-state index in [-0.39, 0.29) is 5.82 Å².